The summed E-state index contributed by atoms with van der Waals surface area (Å²) < 4.78 is 0. The van der Waals surface area contributed by atoms with Gasteiger partial charge in [-0.05, 0) is 61.6 Å². The minimum atomic E-state index is -1.40. The second-order valence-electron chi connectivity index (χ2n) is 13.5. The maximum atomic E-state index is 4.82. The van der Waals surface area contributed by atoms with E-state index in [1.54, 1.807) is 12.3 Å². The van der Waals surface area contributed by atoms with Crippen molar-refractivity contribution in [3.05, 3.63) is 194 Å². The molecule has 0 aliphatic rings. The number of hydrogen-bond donors (Lipinski definition) is 0. The van der Waals surface area contributed by atoms with E-state index in [9.17, 15) is 0 Å². The van der Waals surface area contributed by atoms with E-state index in [4.69, 9.17) is 4.98 Å². The first-order valence-corrected chi connectivity index (χ1v) is 20.7. The van der Waals surface area contributed by atoms with Gasteiger partial charge >= 0.3 is 0 Å². The second kappa shape index (κ2) is 16.8. The van der Waals surface area contributed by atoms with Gasteiger partial charge in [-0.25, -0.2) is 0 Å². The summed E-state index contributed by atoms with van der Waals surface area (Å²) in [5.41, 5.74) is 8.40. The summed E-state index contributed by atoms with van der Waals surface area (Å²) in [5, 5.41) is 8.62. The standard InChI is InChI=1S/C36H32NSi.C12H10N.Ir/c1-7-10-13-25(8-2)29(9-3)26-16-19-32-33-20-17-27(36-21-18-28(24-37-36)38(4,5)6)23-35(33)31-15-12-11-14-30(31)34(32)22-26;1-10-5-4-6-11(9-10)12-7-2-3-8-13-12;/h7-16,18-24H,1-3H2,4-6H3;2-5,7-9H,1H3;/q2*-1;/b13-10-,29-25-;;. The van der Waals surface area contributed by atoms with Gasteiger partial charge in [-0.15, -0.1) is 59.2 Å². The second-order valence-corrected chi connectivity index (χ2v) is 18.6. The number of fused-ring (bicyclic) bond motifs is 6. The minimum absolute atomic E-state index is 0. The van der Waals surface area contributed by atoms with Crippen molar-refractivity contribution in [2.45, 2.75) is 26.6 Å². The summed E-state index contributed by atoms with van der Waals surface area (Å²) in [7, 11) is -1.40. The van der Waals surface area contributed by atoms with Crippen LogP contribution in [0.4, 0.5) is 0 Å². The fourth-order valence-electron chi connectivity index (χ4n) is 6.30. The summed E-state index contributed by atoms with van der Waals surface area (Å²) in [6, 6.07) is 42.7. The Morgan fingerprint density at radius 1 is 0.673 bits per heavy atom. The van der Waals surface area contributed by atoms with E-state index in [0.29, 0.717) is 0 Å². The van der Waals surface area contributed by atoms with Crippen LogP contribution in [0.15, 0.2) is 171 Å². The topological polar surface area (TPSA) is 25.8 Å². The molecular formula is C48H42IrN2Si-2. The zero-order valence-electron chi connectivity index (χ0n) is 30.2. The van der Waals surface area contributed by atoms with Crippen molar-refractivity contribution in [2.75, 3.05) is 0 Å². The molecule has 52 heavy (non-hydrogen) atoms. The van der Waals surface area contributed by atoms with E-state index in [-0.39, 0.29) is 20.1 Å². The molecule has 0 aliphatic carbocycles. The van der Waals surface area contributed by atoms with E-state index in [2.05, 4.69) is 136 Å². The molecule has 1 radical (unpaired) electrons. The number of aromatic nitrogens is 2. The van der Waals surface area contributed by atoms with Gasteiger partial charge in [0.05, 0.1) is 8.07 Å². The summed E-state index contributed by atoms with van der Waals surface area (Å²) in [5.74, 6) is 0. The third kappa shape index (κ3) is 8.27. The average Bonchev–Trinajstić information content (AvgIpc) is 3.16. The number of aryl methyl sites for hydroxylation is 1. The molecule has 0 amide bonds. The third-order valence-corrected chi connectivity index (χ3v) is 11.1. The van der Waals surface area contributed by atoms with Crippen LogP contribution < -0.4 is 5.19 Å². The molecule has 0 aliphatic heterocycles. The van der Waals surface area contributed by atoms with Crippen LogP contribution in [0.1, 0.15) is 11.1 Å². The first kappa shape index (κ1) is 38.0. The molecule has 0 bridgehead atoms. The monoisotopic (exact) mass is 867 g/mol. The molecule has 2 heterocycles. The molecule has 0 unspecified atom stereocenters. The van der Waals surface area contributed by atoms with Crippen LogP contribution in [-0.4, -0.2) is 18.0 Å². The first-order valence-electron chi connectivity index (χ1n) is 17.2. The van der Waals surface area contributed by atoms with Gasteiger partial charge < -0.3 is 9.97 Å². The maximum absolute atomic E-state index is 4.82. The quantitative estimate of drug-likeness (QED) is 0.0658. The van der Waals surface area contributed by atoms with Crippen molar-refractivity contribution in [3.8, 4) is 22.5 Å². The van der Waals surface area contributed by atoms with Crippen LogP contribution in [0.25, 0.3) is 60.4 Å². The molecule has 2 nitrogen and oxygen atoms in total. The Labute approximate surface area is 323 Å². The third-order valence-electron chi connectivity index (χ3n) is 9.03. The van der Waals surface area contributed by atoms with Crippen molar-refractivity contribution in [1.82, 2.24) is 9.97 Å². The zero-order valence-corrected chi connectivity index (χ0v) is 33.6. The molecule has 5 aromatic carbocycles. The van der Waals surface area contributed by atoms with Crippen molar-refractivity contribution in [1.29, 1.82) is 0 Å². The Bertz CT molecular complexity index is 2430. The fraction of sp³-hybridized carbons (Fsp3) is 0.0833. The normalized spacial score (nSPS) is 11.8. The van der Waals surface area contributed by atoms with Crippen molar-refractivity contribution >= 4 is 51.2 Å². The summed E-state index contributed by atoms with van der Waals surface area (Å²) in [4.78, 5) is 9.08. The van der Waals surface area contributed by atoms with E-state index in [1.807, 2.05) is 60.8 Å². The van der Waals surface area contributed by atoms with Gasteiger partial charge in [-0.1, -0.05) is 154 Å². The van der Waals surface area contributed by atoms with Crippen LogP contribution >= 0.6 is 0 Å². The molecule has 4 heteroatoms. The van der Waals surface area contributed by atoms with Crippen molar-refractivity contribution < 1.29 is 20.1 Å². The summed E-state index contributed by atoms with van der Waals surface area (Å²) >= 11 is 0. The Balaban J connectivity index is 0.000000314. The maximum Gasteiger partial charge on any atom is 0.0795 e. The number of pyridine rings is 2. The number of allylic oxidation sites excluding steroid dienone is 7. The molecule has 259 valence electrons. The van der Waals surface area contributed by atoms with Gasteiger partial charge in [0.15, 0.2) is 0 Å². The smallest absolute Gasteiger partial charge is 0.0795 e. The number of nitrogens with zero attached hydrogens (tertiary/aromatic N) is 2. The Morgan fingerprint density at radius 2 is 1.37 bits per heavy atom. The van der Waals surface area contributed by atoms with Gasteiger partial charge in [-0.3, -0.25) is 0 Å². The van der Waals surface area contributed by atoms with Crippen LogP contribution in [0.3, 0.4) is 0 Å². The molecule has 0 atom stereocenters. The first-order chi connectivity index (χ1) is 24.7. The molecule has 0 saturated heterocycles. The van der Waals surface area contributed by atoms with E-state index in [0.717, 1.165) is 39.2 Å². The van der Waals surface area contributed by atoms with Gasteiger partial charge in [0, 0.05) is 32.5 Å². The molecule has 2 aromatic heterocycles. The minimum Gasteiger partial charge on any atom is -0.305 e. The molecule has 0 N–H and O–H groups in total. The predicted octanol–water partition coefficient (Wildman–Crippen LogP) is 12.3. The van der Waals surface area contributed by atoms with Gasteiger partial charge in [0.25, 0.3) is 0 Å². The molecule has 0 spiro atoms. The molecule has 0 saturated carbocycles. The fourth-order valence-corrected chi connectivity index (χ4v) is 7.33. The van der Waals surface area contributed by atoms with Crippen LogP contribution in [0, 0.1) is 19.1 Å². The van der Waals surface area contributed by atoms with Crippen molar-refractivity contribution in [3.63, 3.8) is 0 Å². The molecule has 7 aromatic rings. The predicted molar refractivity (Wildman–Crippen MR) is 224 cm³/mol. The number of benzene rings is 5. The van der Waals surface area contributed by atoms with Gasteiger partial charge in [-0.2, -0.15) is 0 Å². The number of rotatable bonds is 8. The van der Waals surface area contributed by atoms with E-state index < -0.39 is 8.07 Å². The SMILES string of the molecule is C=C/C=C\C(C=C)=C(\C=C)c1ccc2c3c[c-]c(-c4ccc([Si](C)(C)C)cn4)cc3c3ccccc3c2c1.Cc1cc[c-]c(-c2ccccn2)c1.[Ir]. The molecular weight excluding hydrogens is 825 g/mol. The van der Waals surface area contributed by atoms with Crippen LogP contribution in [0.2, 0.25) is 19.6 Å². The van der Waals surface area contributed by atoms with Crippen LogP contribution in [0.5, 0.6) is 0 Å². The van der Waals surface area contributed by atoms with E-state index in [1.165, 1.54) is 43.1 Å². The largest absolute Gasteiger partial charge is 0.305 e. The molecule has 0 fully saturated rings. The van der Waals surface area contributed by atoms with Crippen LogP contribution in [-0.2, 0) is 20.1 Å². The van der Waals surface area contributed by atoms with E-state index >= 15 is 0 Å². The van der Waals surface area contributed by atoms with Crippen molar-refractivity contribution in [2.24, 2.45) is 0 Å². The number of hydrogen-bond acceptors (Lipinski definition) is 2. The van der Waals surface area contributed by atoms with Gasteiger partial charge in [0.2, 0.25) is 0 Å². The average molecular weight is 867 g/mol. The molecule has 7 rings (SSSR count). The summed E-state index contributed by atoms with van der Waals surface area (Å²) in [6.07, 6.45) is 13.3. The Kier molecular flexibility index (Phi) is 12.3. The Morgan fingerprint density at radius 3 is 1.98 bits per heavy atom. The summed E-state index contributed by atoms with van der Waals surface area (Å²) in [6.45, 7) is 21.0. The Hall–Kier alpha value is -5.25. The van der Waals surface area contributed by atoms with Gasteiger partial charge in [0.1, 0.15) is 0 Å². The zero-order chi connectivity index (χ0) is 36.0.